The normalized spacial score (nSPS) is 13.3. The first-order valence-electron chi connectivity index (χ1n) is 5.07. The van der Waals surface area contributed by atoms with Crippen molar-refractivity contribution in [2.75, 3.05) is 13.6 Å². The molecule has 0 aliphatic heterocycles. The van der Waals surface area contributed by atoms with E-state index in [1.165, 1.54) is 0 Å². The fourth-order valence-corrected chi connectivity index (χ4v) is 1.72. The van der Waals surface area contributed by atoms with Gasteiger partial charge in [0.15, 0.2) is 0 Å². The second-order valence-corrected chi connectivity index (χ2v) is 3.76. The molecule has 0 aliphatic rings. The Balaban J connectivity index is 2.37. The van der Waals surface area contributed by atoms with Crippen LogP contribution in [0.2, 0.25) is 0 Å². The van der Waals surface area contributed by atoms with Gasteiger partial charge >= 0.3 is 0 Å². The SMILES string of the molecule is CNCC(N)c1ccc2nc(C)[nH]c2c1. The molecule has 1 atom stereocenters. The maximum atomic E-state index is 6.01. The van der Waals surface area contributed by atoms with Gasteiger partial charge in [-0.1, -0.05) is 6.07 Å². The van der Waals surface area contributed by atoms with Gasteiger partial charge < -0.3 is 16.0 Å². The Labute approximate surface area is 88.9 Å². The summed E-state index contributed by atoms with van der Waals surface area (Å²) in [6.07, 6.45) is 0. The maximum Gasteiger partial charge on any atom is 0.104 e. The Hall–Kier alpha value is -1.39. The van der Waals surface area contributed by atoms with Crippen LogP contribution in [0.3, 0.4) is 0 Å². The van der Waals surface area contributed by atoms with E-state index in [4.69, 9.17) is 5.73 Å². The Morgan fingerprint density at radius 3 is 3.07 bits per heavy atom. The molecule has 0 fully saturated rings. The topological polar surface area (TPSA) is 66.7 Å². The van der Waals surface area contributed by atoms with Gasteiger partial charge in [0.05, 0.1) is 11.0 Å². The van der Waals surface area contributed by atoms with Crippen LogP contribution in [0.4, 0.5) is 0 Å². The molecule has 2 aromatic rings. The van der Waals surface area contributed by atoms with Crippen LogP contribution in [0, 0.1) is 6.92 Å². The number of imidazole rings is 1. The smallest absolute Gasteiger partial charge is 0.104 e. The summed E-state index contributed by atoms with van der Waals surface area (Å²) in [4.78, 5) is 7.56. The van der Waals surface area contributed by atoms with E-state index in [-0.39, 0.29) is 6.04 Å². The highest BCUT2D eigenvalue weighted by atomic mass is 14.9. The molecule has 0 bridgehead atoms. The van der Waals surface area contributed by atoms with E-state index < -0.39 is 0 Å². The second-order valence-electron chi connectivity index (χ2n) is 3.76. The average Bonchev–Trinajstić information content (AvgIpc) is 2.57. The van der Waals surface area contributed by atoms with Gasteiger partial charge in [-0.15, -0.1) is 0 Å². The zero-order valence-corrected chi connectivity index (χ0v) is 9.04. The van der Waals surface area contributed by atoms with Gasteiger partial charge in [-0.05, 0) is 31.7 Å². The van der Waals surface area contributed by atoms with Gasteiger partial charge in [-0.25, -0.2) is 4.98 Å². The molecule has 4 N–H and O–H groups in total. The van der Waals surface area contributed by atoms with Crippen molar-refractivity contribution in [1.29, 1.82) is 0 Å². The third kappa shape index (κ3) is 2.00. The quantitative estimate of drug-likeness (QED) is 0.701. The number of fused-ring (bicyclic) bond motifs is 1. The minimum atomic E-state index is 0.0306. The Morgan fingerprint density at radius 2 is 2.33 bits per heavy atom. The Kier molecular flexibility index (Phi) is 2.70. The summed E-state index contributed by atoms with van der Waals surface area (Å²) < 4.78 is 0. The lowest BCUT2D eigenvalue weighted by molar-refractivity contribution is 0.654. The third-order valence-corrected chi connectivity index (χ3v) is 2.48. The number of aryl methyl sites for hydroxylation is 1. The number of H-pyrrole nitrogens is 1. The molecule has 1 unspecified atom stereocenters. The van der Waals surface area contributed by atoms with Gasteiger partial charge in [0.2, 0.25) is 0 Å². The molecule has 0 aliphatic carbocycles. The van der Waals surface area contributed by atoms with E-state index in [2.05, 4.69) is 21.4 Å². The van der Waals surface area contributed by atoms with Gasteiger partial charge in [0.25, 0.3) is 0 Å². The second kappa shape index (κ2) is 4.00. The van der Waals surface area contributed by atoms with Crippen LogP contribution in [0.5, 0.6) is 0 Å². The number of benzene rings is 1. The summed E-state index contributed by atoms with van der Waals surface area (Å²) in [7, 11) is 1.90. The molecule has 1 aromatic carbocycles. The van der Waals surface area contributed by atoms with Crippen molar-refractivity contribution in [3.63, 3.8) is 0 Å². The molecule has 4 nitrogen and oxygen atoms in total. The summed E-state index contributed by atoms with van der Waals surface area (Å²) in [6.45, 7) is 2.73. The van der Waals surface area contributed by atoms with Crippen LogP contribution in [0.15, 0.2) is 18.2 Å². The maximum absolute atomic E-state index is 6.01. The zero-order chi connectivity index (χ0) is 10.8. The number of nitrogens with one attached hydrogen (secondary N) is 2. The summed E-state index contributed by atoms with van der Waals surface area (Å²) in [5, 5.41) is 3.07. The summed E-state index contributed by atoms with van der Waals surface area (Å²) in [5.74, 6) is 0.935. The average molecular weight is 204 g/mol. The number of aromatic nitrogens is 2. The molecule has 4 heteroatoms. The Bertz CT molecular complexity index is 461. The summed E-state index contributed by atoms with van der Waals surface area (Å²) in [6, 6.07) is 6.13. The standard InChI is InChI=1S/C11H16N4/c1-7-14-10-4-3-8(5-11(10)15-7)9(12)6-13-2/h3-5,9,13H,6,12H2,1-2H3,(H,14,15). The molecule has 2 rings (SSSR count). The number of hydrogen-bond donors (Lipinski definition) is 3. The predicted molar refractivity (Wildman–Crippen MR) is 61.7 cm³/mol. The third-order valence-electron chi connectivity index (χ3n) is 2.48. The van der Waals surface area contributed by atoms with Crippen molar-refractivity contribution in [3.8, 4) is 0 Å². The van der Waals surface area contributed by atoms with Crippen molar-refractivity contribution >= 4 is 11.0 Å². The molecule has 1 aromatic heterocycles. The molecule has 0 saturated carbocycles. The first-order valence-corrected chi connectivity index (χ1v) is 5.07. The van der Waals surface area contributed by atoms with Gasteiger partial charge in [0, 0.05) is 12.6 Å². The lowest BCUT2D eigenvalue weighted by Gasteiger charge is -2.10. The summed E-state index contributed by atoms with van der Waals surface area (Å²) in [5.41, 5.74) is 9.18. The number of rotatable bonds is 3. The van der Waals surface area contributed by atoms with E-state index >= 15 is 0 Å². The summed E-state index contributed by atoms with van der Waals surface area (Å²) >= 11 is 0. The molecule has 0 spiro atoms. The fourth-order valence-electron chi connectivity index (χ4n) is 1.72. The van der Waals surface area contributed by atoms with Crippen molar-refractivity contribution < 1.29 is 0 Å². The lowest BCUT2D eigenvalue weighted by Crippen LogP contribution is -2.23. The largest absolute Gasteiger partial charge is 0.342 e. The van der Waals surface area contributed by atoms with Crippen molar-refractivity contribution in [1.82, 2.24) is 15.3 Å². The van der Waals surface area contributed by atoms with Gasteiger partial charge in [0.1, 0.15) is 5.82 Å². The monoisotopic (exact) mass is 204 g/mol. The Morgan fingerprint density at radius 1 is 1.53 bits per heavy atom. The van der Waals surface area contributed by atoms with E-state index in [0.717, 1.165) is 29.0 Å². The number of nitrogens with zero attached hydrogens (tertiary/aromatic N) is 1. The van der Waals surface area contributed by atoms with E-state index in [1.807, 2.05) is 26.1 Å². The number of nitrogens with two attached hydrogens (primary N) is 1. The molecule has 15 heavy (non-hydrogen) atoms. The molecular formula is C11H16N4. The van der Waals surface area contributed by atoms with Crippen LogP contribution >= 0.6 is 0 Å². The molecule has 1 heterocycles. The van der Waals surface area contributed by atoms with Crippen LogP contribution in [-0.4, -0.2) is 23.6 Å². The molecule has 0 saturated heterocycles. The van der Waals surface area contributed by atoms with E-state index in [1.54, 1.807) is 0 Å². The highest BCUT2D eigenvalue weighted by Crippen LogP contribution is 2.17. The van der Waals surface area contributed by atoms with Crippen LogP contribution in [-0.2, 0) is 0 Å². The lowest BCUT2D eigenvalue weighted by atomic mass is 10.1. The number of hydrogen-bond acceptors (Lipinski definition) is 3. The minimum Gasteiger partial charge on any atom is -0.342 e. The highest BCUT2D eigenvalue weighted by molar-refractivity contribution is 5.75. The first-order chi connectivity index (χ1) is 7.20. The van der Waals surface area contributed by atoms with Crippen molar-refractivity contribution in [3.05, 3.63) is 29.6 Å². The van der Waals surface area contributed by atoms with Crippen LogP contribution in [0.25, 0.3) is 11.0 Å². The molecule has 80 valence electrons. The molecule has 0 amide bonds. The number of aromatic amines is 1. The minimum absolute atomic E-state index is 0.0306. The highest BCUT2D eigenvalue weighted by Gasteiger charge is 2.06. The van der Waals surface area contributed by atoms with Crippen molar-refractivity contribution in [2.24, 2.45) is 5.73 Å². The zero-order valence-electron chi connectivity index (χ0n) is 9.04. The van der Waals surface area contributed by atoms with E-state index in [0.29, 0.717) is 0 Å². The first kappa shape index (κ1) is 10.1. The predicted octanol–water partition coefficient (Wildman–Crippen LogP) is 1.09. The number of likely N-dealkylation sites (N-methyl/N-ethyl adjacent to an activating group) is 1. The van der Waals surface area contributed by atoms with Crippen molar-refractivity contribution in [2.45, 2.75) is 13.0 Å². The van der Waals surface area contributed by atoms with E-state index in [9.17, 15) is 0 Å². The van der Waals surface area contributed by atoms with Crippen LogP contribution in [0.1, 0.15) is 17.4 Å². The fraction of sp³-hybridized carbons (Fsp3) is 0.364. The molecule has 0 radical (unpaired) electrons. The van der Waals surface area contributed by atoms with Gasteiger partial charge in [-0.2, -0.15) is 0 Å². The molecular weight excluding hydrogens is 188 g/mol. The van der Waals surface area contributed by atoms with Crippen LogP contribution < -0.4 is 11.1 Å². The van der Waals surface area contributed by atoms with Gasteiger partial charge in [-0.3, -0.25) is 0 Å².